The van der Waals surface area contributed by atoms with Crippen molar-refractivity contribution in [3.8, 4) is 0 Å². The SMILES string of the molecule is CC(C)[C@H](CN1CCC(C2C=CC(Cl)CC2)C(C)(C)C1)NC1N=CC(CN2CCOCC2)S1. The first-order valence-electron chi connectivity index (χ1n) is 13.1. The van der Waals surface area contributed by atoms with Crippen LogP contribution in [0.3, 0.4) is 0 Å². The number of rotatable bonds is 8. The number of aliphatic imine (C=N–C) groups is 1. The van der Waals surface area contributed by atoms with Gasteiger partial charge in [0.1, 0.15) is 5.50 Å². The molecule has 3 aliphatic heterocycles. The predicted molar refractivity (Wildman–Crippen MR) is 143 cm³/mol. The van der Waals surface area contributed by atoms with Gasteiger partial charge in [0.2, 0.25) is 0 Å². The summed E-state index contributed by atoms with van der Waals surface area (Å²) in [5.41, 5.74) is 0.516. The number of halogens is 1. The quantitative estimate of drug-likeness (QED) is 0.400. The lowest BCUT2D eigenvalue weighted by atomic mass is 9.65. The number of ether oxygens (including phenoxy) is 1. The normalized spacial score (nSPS) is 36.5. The van der Waals surface area contributed by atoms with E-state index in [-0.39, 0.29) is 10.9 Å². The Morgan fingerprint density at radius 2 is 1.91 bits per heavy atom. The standard InChI is InChI=1S/C26H45ClN4OS/c1-19(2)24(29-25-28-15-22(33-25)16-30-11-13-32-14-12-30)17-31-10-9-23(26(3,4)18-31)20-5-7-21(27)8-6-20/h5,7,15,19-25,29H,6,8-14,16-18H2,1-4H3/t20?,21?,22?,23?,24-,25?/m0/s1. The van der Waals surface area contributed by atoms with Crippen LogP contribution in [0.2, 0.25) is 0 Å². The summed E-state index contributed by atoms with van der Waals surface area (Å²) in [5.74, 6) is 2.04. The van der Waals surface area contributed by atoms with Crippen molar-refractivity contribution < 1.29 is 4.74 Å². The number of nitrogens with zero attached hydrogens (tertiary/aromatic N) is 3. The molecule has 4 rings (SSSR count). The molecule has 0 aromatic rings. The maximum Gasteiger partial charge on any atom is 0.147 e. The molecule has 0 aromatic heterocycles. The Kier molecular flexibility index (Phi) is 9.25. The highest BCUT2D eigenvalue weighted by atomic mass is 35.5. The summed E-state index contributed by atoms with van der Waals surface area (Å²) in [4.78, 5) is 10.1. The highest BCUT2D eigenvalue weighted by molar-refractivity contribution is 8.01. The Morgan fingerprint density at radius 1 is 1.12 bits per heavy atom. The number of allylic oxidation sites excluding steroid dienone is 2. The number of morpholine rings is 1. The van der Waals surface area contributed by atoms with E-state index in [9.17, 15) is 0 Å². The smallest absolute Gasteiger partial charge is 0.147 e. The number of nitrogens with one attached hydrogen (secondary N) is 1. The van der Waals surface area contributed by atoms with Crippen LogP contribution in [0.5, 0.6) is 0 Å². The molecule has 6 atom stereocenters. The van der Waals surface area contributed by atoms with Gasteiger partial charge in [-0.3, -0.25) is 15.2 Å². The first kappa shape index (κ1) is 26.0. The molecule has 5 unspecified atom stereocenters. The minimum atomic E-state index is 0.185. The fraction of sp³-hybridized carbons (Fsp3) is 0.885. The van der Waals surface area contributed by atoms with Crippen LogP contribution >= 0.6 is 23.4 Å². The van der Waals surface area contributed by atoms with Gasteiger partial charge in [-0.1, -0.05) is 39.8 Å². The van der Waals surface area contributed by atoms with E-state index in [0.717, 1.165) is 51.7 Å². The maximum atomic E-state index is 6.31. The zero-order chi connectivity index (χ0) is 23.4. The van der Waals surface area contributed by atoms with Crippen molar-refractivity contribution in [1.82, 2.24) is 15.1 Å². The monoisotopic (exact) mass is 496 g/mol. The second-order valence-electron chi connectivity index (χ2n) is 11.5. The van der Waals surface area contributed by atoms with Crippen molar-refractivity contribution >= 4 is 29.6 Å². The summed E-state index contributed by atoms with van der Waals surface area (Å²) in [6.45, 7) is 18.1. The minimum Gasteiger partial charge on any atom is -0.379 e. The zero-order valence-corrected chi connectivity index (χ0v) is 22.7. The second-order valence-corrected chi connectivity index (χ2v) is 13.4. The van der Waals surface area contributed by atoms with Crippen LogP contribution in [0.4, 0.5) is 0 Å². The maximum absolute atomic E-state index is 6.31. The van der Waals surface area contributed by atoms with Gasteiger partial charge in [-0.05, 0) is 49.0 Å². The molecule has 7 heteroatoms. The van der Waals surface area contributed by atoms with Crippen LogP contribution < -0.4 is 5.32 Å². The molecule has 3 heterocycles. The average Bonchev–Trinajstić information content (AvgIpc) is 3.21. The van der Waals surface area contributed by atoms with Crippen LogP contribution in [0, 0.1) is 23.2 Å². The van der Waals surface area contributed by atoms with Crippen molar-refractivity contribution in [2.75, 3.05) is 52.5 Å². The van der Waals surface area contributed by atoms with Crippen molar-refractivity contribution in [3.63, 3.8) is 0 Å². The fourth-order valence-electron chi connectivity index (χ4n) is 6.12. The highest BCUT2D eigenvalue weighted by Gasteiger charge is 2.40. The highest BCUT2D eigenvalue weighted by Crippen LogP contribution is 2.43. The number of thioether (sulfide) groups is 1. The van der Waals surface area contributed by atoms with Crippen molar-refractivity contribution in [2.24, 2.45) is 28.2 Å². The largest absolute Gasteiger partial charge is 0.379 e. The van der Waals surface area contributed by atoms with E-state index >= 15 is 0 Å². The summed E-state index contributed by atoms with van der Waals surface area (Å²) in [6.07, 6.45) is 10.5. The van der Waals surface area contributed by atoms with Crippen LogP contribution in [-0.4, -0.2) is 90.7 Å². The first-order chi connectivity index (χ1) is 15.8. The number of hydrogen-bond acceptors (Lipinski definition) is 6. The second kappa shape index (κ2) is 11.7. The molecule has 0 spiro atoms. The van der Waals surface area contributed by atoms with Gasteiger partial charge >= 0.3 is 0 Å². The molecule has 0 amide bonds. The molecule has 0 radical (unpaired) electrons. The number of likely N-dealkylation sites (tertiary alicyclic amines) is 1. The molecule has 33 heavy (non-hydrogen) atoms. The predicted octanol–water partition coefficient (Wildman–Crippen LogP) is 4.32. The molecule has 2 saturated heterocycles. The molecule has 0 saturated carbocycles. The van der Waals surface area contributed by atoms with Gasteiger partial charge < -0.3 is 9.64 Å². The van der Waals surface area contributed by atoms with Gasteiger partial charge in [0, 0.05) is 45.0 Å². The number of hydrogen-bond donors (Lipinski definition) is 1. The van der Waals surface area contributed by atoms with E-state index in [1.54, 1.807) is 0 Å². The van der Waals surface area contributed by atoms with E-state index in [1.165, 1.54) is 25.9 Å². The van der Waals surface area contributed by atoms with E-state index in [4.69, 9.17) is 21.3 Å². The summed E-state index contributed by atoms with van der Waals surface area (Å²) in [5, 5.41) is 4.62. The van der Waals surface area contributed by atoms with E-state index in [1.807, 2.05) is 11.8 Å². The van der Waals surface area contributed by atoms with E-state index < -0.39 is 0 Å². The molecule has 0 aromatic carbocycles. The number of alkyl halides is 1. The molecule has 188 valence electrons. The van der Waals surface area contributed by atoms with Gasteiger partial charge in [-0.25, -0.2) is 0 Å². The van der Waals surface area contributed by atoms with Gasteiger partial charge in [0.05, 0.1) is 23.8 Å². The summed E-state index contributed by atoms with van der Waals surface area (Å²) < 4.78 is 5.49. The number of piperidine rings is 1. The van der Waals surface area contributed by atoms with Gasteiger partial charge in [0.25, 0.3) is 0 Å². The van der Waals surface area contributed by atoms with Gasteiger partial charge in [-0.2, -0.15) is 0 Å². The van der Waals surface area contributed by atoms with Crippen LogP contribution in [0.25, 0.3) is 0 Å². The molecule has 0 bridgehead atoms. The van der Waals surface area contributed by atoms with Crippen molar-refractivity contribution in [2.45, 2.75) is 69.1 Å². The van der Waals surface area contributed by atoms with Crippen LogP contribution in [0.1, 0.15) is 47.0 Å². The molecule has 1 N–H and O–H groups in total. The molecule has 2 fully saturated rings. The third-order valence-electron chi connectivity index (χ3n) is 8.10. The summed E-state index contributed by atoms with van der Waals surface area (Å²) in [7, 11) is 0. The lowest BCUT2D eigenvalue weighted by molar-refractivity contribution is 0.0219. The third kappa shape index (κ3) is 7.20. The molecular weight excluding hydrogens is 452 g/mol. The van der Waals surface area contributed by atoms with Crippen molar-refractivity contribution in [3.05, 3.63) is 12.2 Å². The fourth-order valence-corrected chi connectivity index (χ4v) is 7.49. The summed E-state index contributed by atoms with van der Waals surface area (Å²) in [6, 6.07) is 0.459. The van der Waals surface area contributed by atoms with Crippen LogP contribution in [-0.2, 0) is 4.74 Å². The third-order valence-corrected chi connectivity index (χ3v) is 9.60. The van der Waals surface area contributed by atoms with Gasteiger partial charge in [0.15, 0.2) is 0 Å². The molecular formula is C26H45ClN4OS. The summed E-state index contributed by atoms with van der Waals surface area (Å²) >= 11 is 8.29. The minimum absolute atomic E-state index is 0.185. The van der Waals surface area contributed by atoms with Crippen LogP contribution in [0.15, 0.2) is 17.1 Å². The Labute approximate surface area is 211 Å². The first-order valence-corrected chi connectivity index (χ1v) is 14.5. The lowest BCUT2D eigenvalue weighted by Gasteiger charge is -2.48. The Balaban J connectivity index is 1.26. The van der Waals surface area contributed by atoms with E-state index in [0.29, 0.717) is 28.5 Å². The Morgan fingerprint density at radius 3 is 2.58 bits per heavy atom. The zero-order valence-electron chi connectivity index (χ0n) is 21.1. The molecule has 1 aliphatic carbocycles. The van der Waals surface area contributed by atoms with E-state index in [2.05, 4.69) is 61.2 Å². The molecule has 5 nitrogen and oxygen atoms in total. The Hall–Kier alpha value is -0.110. The van der Waals surface area contributed by atoms with Gasteiger partial charge in [-0.15, -0.1) is 23.4 Å². The Bertz CT molecular complexity index is 681. The molecule has 4 aliphatic rings. The average molecular weight is 497 g/mol. The topological polar surface area (TPSA) is 40.1 Å². The van der Waals surface area contributed by atoms with Crippen molar-refractivity contribution in [1.29, 1.82) is 0 Å². The lowest BCUT2D eigenvalue weighted by Crippen LogP contribution is -2.53.